The Morgan fingerprint density at radius 1 is 1.29 bits per heavy atom. The summed E-state index contributed by atoms with van der Waals surface area (Å²) < 4.78 is 5.43. The summed E-state index contributed by atoms with van der Waals surface area (Å²) in [6.45, 7) is 3.26. The Bertz CT molecular complexity index is 788. The van der Waals surface area contributed by atoms with Crippen LogP contribution >= 0.6 is 11.3 Å². The van der Waals surface area contributed by atoms with E-state index in [9.17, 15) is 9.90 Å². The number of carboxylic acids is 1. The van der Waals surface area contributed by atoms with Crippen molar-refractivity contribution in [1.82, 2.24) is 5.32 Å². The number of para-hydroxylation sites is 1. The van der Waals surface area contributed by atoms with Gasteiger partial charge >= 0.3 is 5.97 Å². The monoisotopic (exact) mass is 301 g/mol. The fraction of sp³-hybridized carbons (Fsp3) is 0.188. The number of hydrogen-bond donors (Lipinski definition) is 2. The molecule has 0 spiro atoms. The molecule has 5 heteroatoms. The van der Waals surface area contributed by atoms with Crippen LogP contribution in [0.5, 0.6) is 0 Å². The number of thiophene rings is 1. The van der Waals surface area contributed by atoms with Crippen molar-refractivity contribution in [3.63, 3.8) is 0 Å². The first-order valence-electron chi connectivity index (χ1n) is 6.63. The first-order valence-corrected chi connectivity index (χ1v) is 7.57. The zero-order valence-electron chi connectivity index (χ0n) is 11.6. The zero-order chi connectivity index (χ0) is 14.8. The molecule has 0 aliphatic heterocycles. The summed E-state index contributed by atoms with van der Waals surface area (Å²) in [5.74, 6) is -1.01. The maximum Gasteiger partial charge on any atom is 0.372 e. The van der Waals surface area contributed by atoms with Gasteiger partial charge in [-0.15, -0.1) is 0 Å². The maximum absolute atomic E-state index is 11.3. The van der Waals surface area contributed by atoms with Crippen LogP contribution in [-0.2, 0) is 13.1 Å². The van der Waals surface area contributed by atoms with Crippen LogP contribution in [0.1, 0.15) is 27.2 Å². The molecule has 0 radical (unpaired) electrons. The maximum atomic E-state index is 11.3. The number of carbonyl (C=O) groups is 1. The van der Waals surface area contributed by atoms with Gasteiger partial charge in [0.1, 0.15) is 5.58 Å². The fourth-order valence-corrected chi connectivity index (χ4v) is 3.19. The van der Waals surface area contributed by atoms with Crippen molar-refractivity contribution in [2.75, 3.05) is 0 Å². The summed E-state index contributed by atoms with van der Waals surface area (Å²) in [7, 11) is 0. The molecule has 0 aliphatic rings. The number of benzene rings is 1. The molecule has 0 atom stereocenters. The predicted octanol–water partition coefficient (Wildman–Crippen LogP) is 3.79. The van der Waals surface area contributed by atoms with Crippen molar-refractivity contribution in [3.8, 4) is 0 Å². The second-order valence-corrected chi connectivity index (χ2v) is 5.64. The van der Waals surface area contributed by atoms with Crippen LogP contribution in [0.25, 0.3) is 11.0 Å². The number of hydrogen-bond acceptors (Lipinski definition) is 4. The van der Waals surface area contributed by atoms with Gasteiger partial charge in [-0.2, -0.15) is 11.3 Å². The first-order chi connectivity index (χ1) is 10.2. The Morgan fingerprint density at radius 2 is 2.10 bits per heavy atom. The molecule has 4 nitrogen and oxygen atoms in total. The summed E-state index contributed by atoms with van der Waals surface area (Å²) in [6, 6.07) is 7.39. The Kier molecular flexibility index (Phi) is 3.77. The van der Waals surface area contributed by atoms with Crippen LogP contribution in [0.2, 0.25) is 0 Å². The van der Waals surface area contributed by atoms with Crippen molar-refractivity contribution >= 4 is 28.3 Å². The van der Waals surface area contributed by atoms with E-state index in [1.165, 1.54) is 11.1 Å². The number of carboxylic acid groups (broad SMARTS) is 1. The molecule has 2 heterocycles. The normalized spacial score (nSPS) is 11.1. The van der Waals surface area contributed by atoms with Gasteiger partial charge in [0.25, 0.3) is 0 Å². The third-order valence-corrected chi connectivity index (χ3v) is 4.38. The van der Waals surface area contributed by atoms with Gasteiger partial charge in [-0.05, 0) is 34.9 Å². The number of fused-ring (bicyclic) bond motifs is 1. The topological polar surface area (TPSA) is 62.5 Å². The molecule has 1 aromatic carbocycles. The number of rotatable bonds is 5. The fourth-order valence-electron chi connectivity index (χ4n) is 2.34. The van der Waals surface area contributed by atoms with Gasteiger partial charge in [0, 0.05) is 24.0 Å². The Morgan fingerprint density at radius 3 is 2.81 bits per heavy atom. The van der Waals surface area contributed by atoms with Crippen LogP contribution in [-0.4, -0.2) is 11.1 Å². The van der Waals surface area contributed by atoms with E-state index in [1.54, 1.807) is 17.4 Å². The van der Waals surface area contributed by atoms with Crippen LogP contribution in [0.3, 0.4) is 0 Å². The molecule has 0 bridgehead atoms. The van der Waals surface area contributed by atoms with E-state index in [1.807, 2.05) is 18.2 Å². The Hall–Kier alpha value is -2.11. The van der Waals surface area contributed by atoms with Gasteiger partial charge in [0.05, 0.1) is 0 Å². The third-order valence-electron chi connectivity index (χ3n) is 3.47. The van der Waals surface area contributed by atoms with E-state index in [2.05, 4.69) is 23.0 Å². The minimum Gasteiger partial charge on any atom is -0.475 e. The summed E-state index contributed by atoms with van der Waals surface area (Å²) in [6.07, 6.45) is 0. The van der Waals surface area contributed by atoms with E-state index < -0.39 is 5.97 Å². The van der Waals surface area contributed by atoms with Crippen molar-refractivity contribution in [2.45, 2.75) is 20.0 Å². The first kappa shape index (κ1) is 13.9. The molecule has 2 aromatic heterocycles. The summed E-state index contributed by atoms with van der Waals surface area (Å²) in [5.41, 5.74) is 3.80. The van der Waals surface area contributed by atoms with Crippen LogP contribution in [0, 0.1) is 6.92 Å². The molecule has 0 saturated carbocycles. The second-order valence-electron chi connectivity index (χ2n) is 4.89. The number of furan rings is 1. The van der Waals surface area contributed by atoms with Crippen molar-refractivity contribution in [1.29, 1.82) is 0 Å². The second kappa shape index (κ2) is 5.71. The lowest BCUT2D eigenvalue weighted by atomic mass is 10.1. The highest BCUT2D eigenvalue weighted by atomic mass is 32.1. The van der Waals surface area contributed by atoms with Gasteiger partial charge in [-0.1, -0.05) is 18.2 Å². The molecular formula is C16H15NO3S. The van der Waals surface area contributed by atoms with Gasteiger partial charge < -0.3 is 14.8 Å². The molecule has 0 unspecified atom stereocenters. The molecular weight excluding hydrogens is 286 g/mol. The molecule has 0 fully saturated rings. The average Bonchev–Trinajstić information content (AvgIpc) is 3.04. The van der Waals surface area contributed by atoms with E-state index >= 15 is 0 Å². The molecule has 0 amide bonds. The largest absolute Gasteiger partial charge is 0.475 e. The highest BCUT2D eigenvalue weighted by molar-refractivity contribution is 7.08. The number of aryl methyl sites for hydroxylation is 1. The summed E-state index contributed by atoms with van der Waals surface area (Å²) in [5, 5.41) is 17.6. The summed E-state index contributed by atoms with van der Waals surface area (Å²) in [4.78, 5) is 11.3. The lowest BCUT2D eigenvalue weighted by molar-refractivity contribution is 0.0663. The third kappa shape index (κ3) is 2.70. The number of aromatic carboxylic acids is 1. The smallest absolute Gasteiger partial charge is 0.372 e. The van der Waals surface area contributed by atoms with E-state index in [0.717, 1.165) is 5.39 Å². The molecule has 3 aromatic rings. The van der Waals surface area contributed by atoms with E-state index in [4.69, 9.17) is 4.42 Å². The highest BCUT2D eigenvalue weighted by Gasteiger charge is 2.19. The van der Waals surface area contributed by atoms with Crippen LogP contribution in [0.4, 0.5) is 0 Å². The lowest BCUT2D eigenvalue weighted by Gasteiger charge is -2.04. The number of nitrogens with one attached hydrogen (secondary N) is 1. The predicted molar refractivity (Wildman–Crippen MR) is 82.8 cm³/mol. The minimum absolute atomic E-state index is 0.0192. The Labute approximate surface area is 126 Å². The zero-order valence-corrected chi connectivity index (χ0v) is 12.4. The van der Waals surface area contributed by atoms with E-state index in [-0.39, 0.29) is 5.76 Å². The van der Waals surface area contributed by atoms with Crippen LogP contribution in [0.15, 0.2) is 39.4 Å². The standard InChI is InChI=1S/C16H15NO3S/c1-10-8-21-9-11(10)6-17-7-13-12-4-2-3-5-14(12)20-15(13)16(18)19/h2-5,8-9,17H,6-7H2,1H3,(H,18,19). The Balaban J connectivity index is 1.84. The van der Waals surface area contributed by atoms with Crippen molar-refractivity contribution in [3.05, 3.63) is 57.5 Å². The lowest BCUT2D eigenvalue weighted by Crippen LogP contribution is -2.14. The van der Waals surface area contributed by atoms with Gasteiger partial charge in [0.2, 0.25) is 5.76 Å². The molecule has 3 rings (SSSR count). The molecule has 0 aliphatic carbocycles. The van der Waals surface area contributed by atoms with Crippen molar-refractivity contribution in [2.24, 2.45) is 0 Å². The average molecular weight is 301 g/mol. The molecule has 108 valence electrons. The molecule has 2 N–H and O–H groups in total. The van der Waals surface area contributed by atoms with E-state index in [0.29, 0.717) is 24.2 Å². The quantitative estimate of drug-likeness (QED) is 0.752. The van der Waals surface area contributed by atoms with Gasteiger partial charge in [-0.3, -0.25) is 0 Å². The minimum atomic E-state index is -1.03. The SMILES string of the molecule is Cc1cscc1CNCc1c(C(=O)O)oc2ccccc12. The summed E-state index contributed by atoms with van der Waals surface area (Å²) >= 11 is 1.67. The van der Waals surface area contributed by atoms with Gasteiger partial charge in [-0.25, -0.2) is 4.79 Å². The molecule has 21 heavy (non-hydrogen) atoms. The van der Waals surface area contributed by atoms with Gasteiger partial charge in [0.15, 0.2) is 0 Å². The van der Waals surface area contributed by atoms with Crippen molar-refractivity contribution < 1.29 is 14.3 Å². The highest BCUT2D eigenvalue weighted by Crippen LogP contribution is 2.26. The molecule has 0 saturated heterocycles. The van der Waals surface area contributed by atoms with Crippen LogP contribution < -0.4 is 5.32 Å².